The van der Waals surface area contributed by atoms with E-state index in [9.17, 15) is 50.1 Å². The van der Waals surface area contributed by atoms with E-state index in [4.69, 9.17) is 9.47 Å². The van der Waals surface area contributed by atoms with E-state index in [1.807, 2.05) is 0 Å². The Morgan fingerprint density at radius 3 is 1.84 bits per heavy atom. The number of aliphatic carboxylic acids is 1. The third kappa shape index (κ3) is 6.41. The average molecular weight is 530 g/mol. The third-order valence-electron chi connectivity index (χ3n) is 5.98. The minimum absolute atomic E-state index is 0.314. The molecule has 0 radical (unpaired) electrons. The molecule has 0 spiro atoms. The third-order valence-corrected chi connectivity index (χ3v) is 5.98. The maximum absolute atomic E-state index is 12.5. The first kappa shape index (κ1) is 28.0. The normalized spacial score (nSPS) is 25.3. The first-order chi connectivity index (χ1) is 17.7. The van der Waals surface area contributed by atoms with Crippen LogP contribution >= 0.6 is 0 Å². The number of carbonyl (C=O) groups is 3. The van der Waals surface area contributed by atoms with Gasteiger partial charge in [0.05, 0.1) is 0 Å². The van der Waals surface area contributed by atoms with Gasteiger partial charge in [0.1, 0.15) is 17.8 Å². The van der Waals surface area contributed by atoms with Gasteiger partial charge < -0.3 is 45.2 Å². The fourth-order valence-electron chi connectivity index (χ4n) is 4.03. The van der Waals surface area contributed by atoms with Crippen LogP contribution in [0.5, 0.6) is 23.0 Å². The summed E-state index contributed by atoms with van der Waals surface area (Å²) < 4.78 is 10.5. The predicted octanol–water partition coefficient (Wildman–Crippen LogP) is 1.42. The average Bonchev–Trinajstić information content (AvgIpc) is 2.83. The zero-order valence-corrected chi connectivity index (χ0v) is 20.0. The second kappa shape index (κ2) is 10.8. The van der Waals surface area contributed by atoms with Gasteiger partial charge in [-0.3, -0.25) is 0 Å². The van der Waals surface area contributed by atoms with E-state index in [2.05, 4.69) is 0 Å². The van der Waals surface area contributed by atoms with E-state index in [-0.39, 0.29) is 11.5 Å². The maximum Gasteiger partial charge on any atom is 0.335 e. The number of hydrogen-bond acceptors (Lipinski definition) is 11. The lowest BCUT2D eigenvalue weighted by Crippen LogP contribution is -2.63. The number of phenols is 4. The Morgan fingerprint density at radius 1 is 0.868 bits per heavy atom. The van der Waals surface area contributed by atoms with Gasteiger partial charge in [-0.05, 0) is 54.5 Å². The molecular weight excluding hydrogens is 504 g/mol. The van der Waals surface area contributed by atoms with Crippen LogP contribution in [0.2, 0.25) is 0 Å². The Bertz CT molecular complexity index is 1300. The molecule has 1 fully saturated rings. The largest absolute Gasteiger partial charge is 0.504 e. The van der Waals surface area contributed by atoms with Crippen molar-refractivity contribution < 1.29 is 59.6 Å². The molecule has 1 saturated carbocycles. The van der Waals surface area contributed by atoms with Crippen molar-refractivity contribution in [2.24, 2.45) is 0 Å². The molecule has 0 saturated heterocycles. The Labute approximate surface area is 215 Å². The molecule has 0 aliphatic heterocycles. The molecule has 2 aromatic rings. The molecule has 3 rings (SSSR count). The lowest BCUT2D eigenvalue weighted by atomic mass is 9.72. The molecular formula is C26H26O12. The molecule has 12 heteroatoms. The van der Waals surface area contributed by atoms with Gasteiger partial charge in [-0.1, -0.05) is 12.1 Å². The van der Waals surface area contributed by atoms with Crippen molar-refractivity contribution in [3.8, 4) is 23.0 Å². The Kier molecular flexibility index (Phi) is 7.98. The molecule has 4 atom stereocenters. The van der Waals surface area contributed by atoms with Crippen LogP contribution in [-0.4, -0.2) is 77.1 Å². The summed E-state index contributed by atoms with van der Waals surface area (Å²) in [6.07, 6.45) is -0.427. The monoisotopic (exact) mass is 530 g/mol. The van der Waals surface area contributed by atoms with Crippen molar-refractivity contribution in [2.45, 2.75) is 43.2 Å². The van der Waals surface area contributed by atoms with Crippen LogP contribution in [0.4, 0.5) is 0 Å². The number of carboxylic acid groups (broad SMARTS) is 1. The standard InChI is InChI=1S/C26H26O12/c1-25(38-22(32)9-5-15-3-7-17(28)19(30)11-15)13-26(36,24(34)35)12-20(23(25)33)37-21(31)8-4-14-2-6-16(27)18(29)10-14/h2-11,20,23,27-30,33,36H,12-13H2,1H3,(H,34,35)/b8-4+,9-5+/t20-,23+,25-,26-/m1/s1. The highest BCUT2D eigenvalue weighted by atomic mass is 16.6. The summed E-state index contributed by atoms with van der Waals surface area (Å²) in [5.41, 5.74) is -3.88. The number of aliphatic hydroxyl groups is 2. The molecule has 0 amide bonds. The number of aromatic hydroxyl groups is 4. The number of aliphatic hydroxyl groups excluding tert-OH is 1. The molecule has 7 N–H and O–H groups in total. The van der Waals surface area contributed by atoms with Crippen molar-refractivity contribution in [3.05, 3.63) is 59.7 Å². The SMILES string of the molecule is C[C@@]1(OC(=O)/C=C/c2ccc(O)c(O)c2)C[C@@](O)(C(=O)O)C[C@@H](OC(=O)/C=C/c2ccc(O)c(O)c2)[C@@H]1O. The Hall–Kier alpha value is -4.55. The van der Waals surface area contributed by atoms with Crippen molar-refractivity contribution in [3.63, 3.8) is 0 Å². The van der Waals surface area contributed by atoms with Crippen LogP contribution < -0.4 is 0 Å². The number of benzene rings is 2. The Balaban J connectivity index is 1.77. The van der Waals surface area contributed by atoms with Gasteiger partial charge >= 0.3 is 17.9 Å². The molecule has 0 unspecified atom stereocenters. The van der Waals surface area contributed by atoms with E-state index < -0.39 is 65.7 Å². The van der Waals surface area contributed by atoms with Crippen LogP contribution in [-0.2, 0) is 23.9 Å². The van der Waals surface area contributed by atoms with Crippen LogP contribution in [0.25, 0.3) is 12.2 Å². The highest BCUT2D eigenvalue weighted by Gasteiger charge is 2.58. The number of phenolic OH excluding ortho intramolecular Hbond substituents is 4. The number of carbonyl (C=O) groups excluding carboxylic acids is 2. The van der Waals surface area contributed by atoms with Crippen LogP contribution in [0.1, 0.15) is 30.9 Å². The number of ether oxygens (including phenoxy) is 2. The molecule has 2 aromatic carbocycles. The summed E-state index contributed by atoms with van der Waals surface area (Å²) in [5.74, 6) is -5.34. The molecule has 1 aliphatic rings. The minimum Gasteiger partial charge on any atom is -0.504 e. The van der Waals surface area contributed by atoms with Gasteiger partial charge in [0, 0.05) is 25.0 Å². The predicted molar refractivity (Wildman–Crippen MR) is 130 cm³/mol. The minimum atomic E-state index is -2.52. The van der Waals surface area contributed by atoms with Crippen LogP contribution in [0, 0.1) is 0 Å². The number of rotatable bonds is 7. The van der Waals surface area contributed by atoms with Gasteiger partial charge in [-0.15, -0.1) is 0 Å². The fourth-order valence-corrected chi connectivity index (χ4v) is 4.03. The highest BCUT2D eigenvalue weighted by Crippen LogP contribution is 2.40. The molecule has 1 aliphatic carbocycles. The van der Waals surface area contributed by atoms with Crippen LogP contribution in [0.3, 0.4) is 0 Å². The van der Waals surface area contributed by atoms with E-state index >= 15 is 0 Å². The maximum atomic E-state index is 12.5. The van der Waals surface area contributed by atoms with E-state index in [0.29, 0.717) is 11.1 Å². The van der Waals surface area contributed by atoms with Crippen molar-refractivity contribution >= 4 is 30.1 Å². The van der Waals surface area contributed by atoms with Gasteiger partial charge in [0.25, 0.3) is 0 Å². The van der Waals surface area contributed by atoms with Crippen molar-refractivity contribution in [1.29, 1.82) is 0 Å². The fraction of sp³-hybridized carbons (Fsp3) is 0.269. The molecule has 202 valence electrons. The van der Waals surface area contributed by atoms with E-state index in [0.717, 1.165) is 12.2 Å². The zero-order valence-electron chi connectivity index (χ0n) is 20.0. The first-order valence-electron chi connectivity index (χ1n) is 11.2. The van der Waals surface area contributed by atoms with E-state index in [1.54, 1.807) is 0 Å². The number of esters is 2. The summed E-state index contributed by atoms with van der Waals surface area (Å²) in [5, 5.41) is 69.0. The Morgan fingerprint density at radius 2 is 1.37 bits per heavy atom. The van der Waals surface area contributed by atoms with Gasteiger partial charge in [0.2, 0.25) is 0 Å². The van der Waals surface area contributed by atoms with Gasteiger partial charge in [-0.25, -0.2) is 14.4 Å². The summed E-state index contributed by atoms with van der Waals surface area (Å²) in [6.45, 7) is 1.18. The number of hydrogen-bond donors (Lipinski definition) is 7. The van der Waals surface area contributed by atoms with Gasteiger partial charge in [-0.2, -0.15) is 0 Å². The molecule has 12 nitrogen and oxygen atoms in total. The van der Waals surface area contributed by atoms with Crippen molar-refractivity contribution in [1.82, 2.24) is 0 Å². The summed E-state index contributed by atoms with van der Waals surface area (Å²) >= 11 is 0. The summed E-state index contributed by atoms with van der Waals surface area (Å²) in [4.78, 5) is 36.7. The second-order valence-corrected chi connectivity index (χ2v) is 9.03. The summed E-state index contributed by atoms with van der Waals surface area (Å²) in [6, 6.07) is 7.50. The summed E-state index contributed by atoms with van der Waals surface area (Å²) in [7, 11) is 0. The van der Waals surface area contributed by atoms with Gasteiger partial charge in [0.15, 0.2) is 28.6 Å². The van der Waals surface area contributed by atoms with E-state index in [1.165, 1.54) is 55.5 Å². The van der Waals surface area contributed by atoms with Crippen molar-refractivity contribution in [2.75, 3.05) is 0 Å². The lowest BCUT2D eigenvalue weighted by molar-refractivity contribution is -0.227. The quantitative estimate of drug-likeness (QED) is 0.154. The molecule has 0 heterocycles. The topological polar surface area (TPSA) is 211 Å². The number of carboxylic acids is 1. The van der Waals surface area contributed by atoms with Crippen LogP contribution in [0.15, 0.2) is 48.6 Å². The smallest absolute Gasteiger partial charge is 0.335 e. The zero-order chi connectivity index (χ0) is 28.3. The lowest BCUT2D eigenvalue weighted by Gasteiger charge is -2.46. The second-order valence-electron chi connectivity index (χ2n) is 9.03. The molecule has 0 bridgehead atoms. The molecule has 0 aromatic heterocycles. The first-order valence-corrected chi connectivity index (χ1v) is 11.2. The molecule has 38 heavy (non-hydrogen) atoms. The highest BCUT2D eigenvalue weighted by molar-refractivity contribution is 5.88.